The van der Waals surface area contributed by atoms with Gasteiger partial charge in [-0.05, 0) is 0 Å². The molecule has 0 aromatic rings. The number of alkyl halides is 2. The molecule has 0 bridgehead atoms. The number of carboxylic acids is 1. The molecule has 0 aliphatic carbocycles. The van der Waals surface area contributed by atoms with Gasteiger partial charge in [0.1, 0.15) is 0 Å². The van der Waals surface area contributed by atoms with Gasteiger partial charge in [0.25, 0.3) is 5.91 Å². The second kappa shape index (κ2) is 3.68. The number of hydrogen-bond acceptors (Lipinski definition) is 2. The van der Waals surface area contributed by atoms with E-state index in [-0.39, 0.29) is 25.4 Å². The molecule has 1 fully saturated rings. The van der Waals surface area contributed by atoms with E-state index in [2.05, 4.69) is 0 Å². The number of aliphatic carboxylic acids is 1. The number of halogens is 2. The third-order valence-electron chi connectivity index (χ3n) is 1.92. The first-order valence-corrected chi connectivity index (χ1v) is 3.79. The topological polar surface area (TPSA) is 57.6 Å². The molecule has 1 aliphatic heterocycles. The van der Waals surface area contributed by atoms with Crippen LogP contribution in [0, 0.1) is 5.92 Å². The van der Waals surface area contributed by atoms with Crippen molar-refractivity contribution in [1.82, 2.24) is 4.90 Å². The summed E-state index contributed by atoms with van der Waals surface area (Å²) in [6.07, 6.45) is -3.04. The van der Waals surface area contributed by atoms with Crippen molar-refractivity contribution in [3.8, 4) is 0 Å². The summed E-state index contributed by atoms with van der Waals surface area (Å²) >= 11 is 0. The molecule has 1 aliphatic rings. The molecule has 13 heavy (non-hydrogen) atoms. The number of carbonyl (C=O) groups is 2. The predicted octanol–water partition coefficient (Wildman–Crippen LogP) is 0.185. The molecule has 0 saturated carbocycles. The first-order chi connectivity index (χ1) is 6.00. The number of carboxylic acid groups (broad SMARTS) is 1. The van der Waals surface area contributed by atoms with E-state index in [1.165, 1.54) is 0 Å². The molecule has 4 nitrogen and oxygen atoms in total. The Hall–Kier alpha value is -1.20. The Bertz CT molecular complexity index is 226. The van der Waals surface area contributed by atoms with Crippen LogP contribution in [0.25, 0.3) is 0 Å². The van der Waals surface area contributed by atoms with E-state index >= 15 is 0 Å². The van der Waals surface area contributed by atoms with Crippen LogP contribution in [0.15, 0.2) is 0 Å². The molecule has 6 heteroatoms. The molecule has 1 rings (SSSR count). The van der Waals surface area contributed by atoms with E-state index in [4.69, 9.17) is 5.11 Å². The third kappa shape index (κ3) is 2.37. The van der Waals surface area contributed by atoms with Crippen LogP contribution in [0.2, 0.25) is 0 Å². The molecule has 0 unspecified atom stereocenters. The highest BCUT2D eigenvalue weighted by molar-refractivity contribution is 5.80. The molecule has 1 heterocycles. The van der Waals surface area contributed by atoms with Crippen molar-refractivity contribution < 1.29 is 23.5 Å². The van der Waals surface area contributed by atoms with Gasteiger partial charge in [0.15, 0.2) is 0 Å². The quantitative estimate of drug-likeness (QED) is 0.695. The van der Waals surface area contributed by atoms with E-state index in [1.807, 2.05) is 0 Å². The molecule has 0 aromatic carbocycles. The SMILES string of the molecule is O=C(O)CC1CN(C(=O)C(F)F)C1. The second-order valence-electron chi connectivity index (χ2n) is 3.01. The Labute approximate surface area is 73.1 Å². The monoisotopic (exact) mass is 193 g/mol. The number of likely N-dealkylation sites (tertiary alicyclic amines) is 1. The summed E-state index contributed by atoms with van der Waals surface area (Å²) in [7, 11) is 0. The van der Waals surface area contributed by atoms with E-state index < -0.39 is 18.3 Å². The van der Waals surface area contributed by atoms with Gasteiger partial charge < -0.3 is 10.0 Å². The molecule has 1 amide bonds. The van der Waals surface area contributed by atoms with Gasteiger partial charge in [-0.15, -0.1) is 0 Å². The highest BCUT2D eigenvalue weighted by Crippen LogP contribution is 2.20. The molecule has 0 radical (unpaired) electrons. The minimum atomic E-state index is -2.98. The van der Waals surface area contributed by atoms with Gasteiger partial charge in [-0.3, -0.25) is 9.59 Å². The average Bonchev–Trinajstić information content (AvgIpc) is 1.94. The van der Waals surface area contributed by atoms with Crippen molar-refractivity contribution in [2.45, 2.75) is 12.8 Å². The van der Waals surface area contributed by atoms with Crippen molar-refractivity contribution in [3.63, 3.8) is 0 Å². The summed E-state index contributed by atoms with van der Waals surface area (Å²) in [4.78, 5) is 21.7. The molecule has 1 saturated heterocycles. The van der Waals surface area contributed by atoms with E-state index in [1.54, 1.807) is 0 Å². The fraction of sp³-hybridized carbons (Fsp3) is 0.714. The summed E-state index contributed by atoms with van der Waals surface area (Å²) in [5, 5.41) is 8.33. The lowest BCUT2D eigenvalue weighted by Crippen LogP contribution is -2.52. The minimum Gasteiger partial charge on any atom is -0.481 e. The normalized spacial score (nSPS) is 17.3. The van der Waals surface area contributed by atoms with Crippen LogP contribution in [0.4, 0.5) is 8.78 Å². The number of amides is 1. The Morgan fingerprint density at radius 1 is 1.46 bits per heavy atom. The molecule has 0 atom stereocenters. The Kier molecular flexibility index (Phi) is 2.79. The first kappa shape index (κ1) is 9.88. The highest BCUT2D eigenvalue weighted by Gasteiger charge is 2.35. The van der Waals surface area contributed by atoms with Gasteiger partial charge in [0.05, 0.1) is 6.42 Å². The first-order valence-electron chi connectivity index (χ1n) is 3.79. The van der Waals surface area contributed by atoms with Crippen LogP contribution in [0.1, 0.15) is 6.42 Å². The predicted molar refractivity (Wildman–Crippen MR) is 38.3 cm³/mol. The number of hydrogen-bond donors (Lipinski definition) is 1. The average molecular weight is 193 g/mol. The zero-order valence-corrected chi connectivity index (χ0v) is 6.74. The highest BCUT2D eigenvalue weighted by atomic mass is 19.3. The van der Waals surface area contributed by atoms with Gasteiger partial charge in [0.2, 0.25) is 0 Å². The lowest BCUT2D eigenvalue weighted by Gasteiger charge is -2.38. The van der Waals surface area contributed by atoms with Crippen LogP contribution in [0.3, 0.4) is 0 Å². The van der Waals surface area contributed by atoms with E-state index in [0.717, 1.165) is 4.90 Å². The van der Waals surface area contributed by atoms with Crippen LogP contribution in [-0.4, -0.2) is 41.4 Å². The Morgan fingerprint density at radius 2 is 2.00 bits per heavy atom. The van der Waals surface area contributed by atoms with Crippen molar-refractivity contribution in [1.29, 1.82) is 0 Å². The molecule has 0 spiro atoms. The Morgan fingerprint density at radius 3 is 2.38 bits per heavy atom. The van der Waals surface area contributed by atoms with E-state index in [0.29, 0.717) is 0 Å². The van der Waals surface area contributed by atoms with Gasteiger partial charge >= 0.3 is 12.4 Å². The summed E-state index contributed by atoms with van der Waals surface area (Å²) in [6.45, 7) is 0.269. The zero-order valence-electron chi connectivity index (χ0n) is 6.74. The van der Waals surface area contributed by atoms with Crippen molar-refractivity contribution in [2.24, 2.45) is 5.92 Å². The number of rotatable bonds is 3. The maximum Gasteiger partial charge on any atom is 0.315 e. The maximum absolute atomic E-state index is 11.8. The van der Waals surface area contributed by atoms with Crippen LogP contribution in [-0.2, 0) is 9.59 Å². The largest absolute Gasteiger partial charge is 0.481 e. The van der Waals surface area contributed by atoms with Gasteiger partial charge in [0, 0.05) is 19.0 Å². The summed E-state index contributed by atoms with van der Waals surface area (Å²) in [6, 6.07) is 0. The van der Waals surface area contributed by atoms with Gasteiger partial charge in [-0.1, -0.05) is 0 Å². The van der Waals surface area contributed by atoms with Gasteiger partial charge in [-0.2, -0.15) is 8.78 Å². The number of carbonyl (C=O) groups excluding carboxylic acids is 1. The lowest BCUT2D eigenvalue weighted by atomic mass is 9.96. The third-order valence-corrected chi connectivity index (χ3v) is 1.92. The van der Waals surface area contributed by atoms with Crippen LogP contribution < -0.4 is 0 Å². The lowest BCUT2D eigenvalue weighted by molar-refractivity contribution is -0.152. The molecular weight excluding hydrogens is 184 g/mol. The second-order valence-corrected chi connectivity index (χ2v) is 3.01. The smallest absolute Gasteiger partial charge is 0.315 e. The van der Waals surface area contributed by atoms with Crippen molar-refractivity contribution in [2.75, 3.05) is 13.1 Å². The van der Waals surface area contributed by atoms with Crippen LogP contribution in [0.5, 0.6) is 0 Å². The molecule has 74 valence electrons. The van der Waals surface area contributed by atoms with Gasteiger partial charge in [-0.25, -0.2) is 0 Å². The minimum absolute atomic E-state index is 0.0625. The fourth-order valence-electron chi connectivity index (χ4n) is 1.26. The summed E-state index contributed by atoms with van der Waals surface area (Å²) in [5.41, 5.74) is 0. The molecule has 0 aromatic heterocycles. The standard InChI is InChI=1S/C7H9F2NO3/c8-6(9)7(13)10-2-4(3-10)1-5(11)12/h4,6H,1-3H2,(H,11,12). The van der Waals surface area contributed by atoms with Crippen LogP contribution >= 0.6 is 0 Å². The fourth-order valence-corrected chi connectivity index (χ4v) is 1.26. The van der Waals surface area contributed by atoms with E-state index in [9.17, 15) is 18.4 Å². The summed E-state index contributed by atoms with van der Waals surface area (Å²) < 4.78 is 23.6. The Balaban J connectivity index is 2.25. The maximum atomic E-state index is 11.8. The summed E-state index contributed by atoms with van der Waals surface area (Å²) in [5.74, 6) is -2.34. The van der Waals surface area contributed by atoms with Crippen molar-refractivity contribution in [3.05, 3.63) is 0 Å². The molecule has 1 N–H and O–H groups in total. The molecular formula is C7H9F2NO3. The zero-order chi connectivity index (χ0) is 10.0. The number of nitrogens with zero attached hydrogens (tertiary/aromatic N) is 1. The van der Waals surface area contributed by atoms with Crippen molar-refractivity contribution >= 4 is 11.9 Å².